The van der Waals surface area contributed by atoms with Crippen molar-refractivity contribution in [3.05, 3.63) is 55.9 Å². The van der Waals surface area contributed by atoms with E-state index in [9.17, 15) is 4.39 Å². The number of alkyl halides is 1. The van der Waals surface area contributed by atoms with Gasteiger partial charge in [0.1, 0.15) is 5.82 Å². The minimum atomic E-state index is -0.444. The Kier molecular flexibility index (Phi) is 3.75. The van der Waals surface area contributed by atoms with Gasteiger partial charge in [-0.3, -0.25) is 0 Å². The maximum atomic E-state index is 12.9. The highest BCUT2D eigenvalue weighted by Gasteiger charge is 2.18. The van der Waals surface area contributed by atoms with Gasteiger partial charge in [-0.1, -0.05) is 29.3 Å². The summed E-state index contributed by atoms with van der Waals surface area (Å²) in [5.41, 5.74) is 0.661. The quantitative estimate of drug-likeness (QED) is 0.640. The molecule has 16 heavy (non-hydrogen) atoms. The maximum Gasteiger partial charge on any atom is 0.124 e. The van der Waals surface area contributed by atoms with Crippen molar-refractivity contribution in [1.82, 2.24) is 0 Å². The van der Waals surface area contributed by atoms with E-state index in [1.807, 2.05) is 5.38 Å². The van der Waals surface area contributed by atoms with Crippen LogP contribution in [0.5, 0.6) is 0 Å². The highest BCUT2D eigenvalue weighted by atomic mass is 35.5. The molecular formula is C11H6Cl3FS. The van der Waals surface area contributed by atoms with E-state index in [-0.39, 0.29) is 5.82 Å². The third-order valence-corrected chi connectivity index (χ3v) is 4.44. The lowest BCUT2D eigenvalue weighted by atomic mass is 10.1. The maximum absolute atomic E-state index is 12.9. The van der Waals surface area contributed by atoms with Crippen LogP contribution in [0, 0.1) is 5.82 Å². The van der Waals surface area contributed by atoms with Gasteiger partial charge in [0, 0.05) is 9.90 Å². The molecule has 0 spiro atoms. The molecule has 1 aromatic carbocycles. The summed E-state index contributed by atoms with van der Waals surface area (Å²) in [6, 6.07) is 5.92. The van der Waals surface area contributed by atoms with Crippen molar-refractivity contribution in [2.75, 3.05) is 0 Å². The minimum absolute atomic E-state index is 0.310. The molecule has 2 aromatic rings. The fourth-order valence-electron chi connectivity index (χ4n) is 1.33. The lowest BCUT2D eigenvalue weighted by Gasteiger charge is -2.10. The molecule has 0 bridgehead atoms. The summed E-state index contributed by atoms with van der Waals surface area (Å²) in [6.07, 6.45) is 0. The van der Waals surface area contributed by atoms with Crippen molar-refractivity contribution in [2.45, 2.75) is 5.38 Å². The van der Waals surface area contributed by atoms with Crippen LogP contribution >= 0.6 is 46.1 Å². The third kappa shape index (κ3) is 2.35. The van der Waals surface area contributed by atoms with Crippen molar-refractivity contribution in [3.63, 3.8) is 0 Å². The molecule has 1 aromatic heterocycles. The Labute approximate surface area is 112 Å². The number of benzene rings is 1. The minimum Gasteiger partial charge on any atom is -0.207 e. The molecule has 5 heteroatoms. The summed E-state index contributed by atoms with van der Waals surface area (Å²) in [4.78, 5) is 0.817. The summed E-state index contributed by atoms with van der Waals surface area (Å²) >= 11 is 19.6. The Balaban J connectivity index is 2.41. The van der Waals surface area contributed by atoms with Crippen molar-refractivity contribution < 1.29 is 4.39 Å². The SMILES string of the molecule is Fc1ccc(C(Cl)c2sccc2Cl)c(Cl)c1. The van der Waals surface area contributed by atoms with Gasteiger partial charge in [-0.2, -0.15) is 0 Å². The van der Waals surface area contributed by atoms with Gasteiger partial charge in [-0.15, -0.1) is 22.9 Å². The van der Waals surface area contributed by atoms with E-state index in [4.69, 9.17) is 34.8 Å². The van der Waals surface area contributed by atoms with Crippen molar-refractivity contribution in [2.24, 2.45) is 0 Å². The first-order valence-electron chi connectivity index (χ1n) is 4.41. The Morgan fingerprint density at radius 3 is 2.44 bits per heavy atom. The molecule has 0 radical (unpaired) electrons. The van der Waals surface area contributed by atoms with Crippen LogP contribution in [-0.4, -0.2) is 0 Å². The predicted octanol–water partition coefficient (Wildman–Crippen LogP) is 5.52. The monoisotopic (exact) mass is 294 g/mol. The number of halogens is 4. The Morgan fingerprint density at radius 2 is 1.88 bits per heavy atom. The second kappa shape index (κ2) is 4.92. The summed E-state index contributed by atoms with van der Waals surface area (Å²) < 4.78 is 12.9. The number of rotatable bonds is 2. The van der Waals surface area contributed by atoms with Crippen LogP contribution in [0.4, 0.5) is 4.39 Å². The molecule has 1 heterocycles. The highest BCUT2D eigenvalue weighted by molar-refractivity contribution is 7.11. The van der Waals surface area contributed by atoms with E-state index < -0.39 is 5.38 Å². The van der Waals surface area contributed by atoms with E-state index in [1.54, 1.807) is 12.1 Å². The van der Waals surface area contributed by atoms with E-state index in [1.165, 1.54) is 23.5 Å². The van der Waals surface area contributed by atoms with Gasteiger partial charge in [0.05, 0.1) is 10.4 Å². The normalized spacial score (nSPS) is 12.8. The van der Waals surface area contributed by atoms with Crippen LogP contribution in [0.25, 0.3) is 0 Å². The van der Waals surface area contributed by atoms with Crippen LogP contribution < -0.4 is 0 Å². The van der Waals surface area contributed by atoms with E-state index >= 15 is 0 Å². The molecule has 84 valence electrons. The molecule has 0 saturated heterocycles. The van der Waals surface area contributed by atoms with Crippen LogP contribution in [0.2, 0.25) is 10.0 Å². The van der Waals surface area contributed by atoms with Crippen molar-refractivity contribution >= 4 is 46.1 Å². The standard InChI is InChI=1S/C11H6Cl3FS/c12-8-3-4-16-11(8)10(14)7-2-1-6(15)5-9(7)13/h1-5,10H. The third-order valence-electron chi connectivity index (χ3n) is 2.11. The second-order valence-corrected chi connectivity index (χ2v) is 5.36. The lowest BCUT2D eigenvalue weighted by molar-refractivity contribution is 0.627. The van der Waals surface area contributed by atoms with Crippen LogP contribution in [0.1, 0.15) is 15.8 Å². The van der Waals surface area contributed by atoms with Gasteiger partial charge in [-0.05, 0) is 29.1 Å². The number of thiophene rings is 1. The molecule has 0 aliphatic carbocycles. The average Bonchev–Trinajstić information content (AvgIpc) is 2.63. The van der Waals surface area contributed by atoms with Gasteiger partial charge in [0.15, 0.2) is 0 Å². The van der Waals surface area contributed by atoms with Crippen LogP contribution in [0.3, 0.4) is 0 Å². The predicted molar refractivity (Wildman–Crippen MR) is 68.4 cm³/mol. The molecular weight excluding hydrogens is 290 g/mol. The van der Waals surface area contributed by atoms with Gasteiger partial charge >= 0.3 is 0 Å². The topological polar surface area (TPSA) is 0 Å². The molecule has 0 fully saturated rings. The number of hydrogen-bond donors (Lipinski definition) is 0. The van der Waals surface area contributed by atoms with Crippen molar-refractivity contribution in [1.29, 1.82) is 0 Å². The first-order valence-corrected chi connectivity index (χ1v) is 6.48. The smallest absolute Gasteiger partial charge is 0.124 e. The zero-order valence-corrected chi connectivity index (χ0v) is 11.0. The Hall–Kier alpha value is -0.280. The highest BCUT2D eigenvalue weighted by Crippen LogP contribution is 2.39. The van der Waals surface area contributed by atoms with E-state index in [2.05, 4.69) is 0 Å². The van der Waals surface area contributed by atoms with Crippen molar-refractivity contribution in [3.8, 4) is 0 Å². The number of hydrogen-bond acceptors (Lipinski definition) is 1. The zero-order chi connectivity index (χ0) is 11.7. The van der Waals surface area contributed by atoms with Gasteiger partial charge in [-0.25, -0.2) is 4.39 Å². The van der Waals surface area contributed by atoms with Gasteiger partial charge in [0.2, 0.25) is 0 Å². The summed E-state index contributed by atoms with van der Waals surface area (Å²) in [7, 11) is 0. The van der Waals surface area contributed by atoms with Gasteiger partial charge in [0.25, 0.3) is 0 Å². The molecule has 0 aliphatic rings. The van der Waals surface area contributed by atoms with Crippen LogP contribution in [0.15, 0.2) is 29.6 Å². The summed E-state index contributed by atoms with van der Waals surface area (Å²) in [6.45, 7) is 0. The molecule has 0 nitrogen and oxygen atoms in total. The molecule has 0 aliphatic heterocycles. The second-order valence-electron chi connectivity index (χ2n) is 3.16. The summed E-state index contributed by atoms with van der Waals surface area (Å²) in [5, 5.41) is 2.32. The first kappa shape index (κ1) is 12.2. The zero-order valence-electron chi connectivity index (χ0n) is 7.88. The van der Waals surface area contributed by atoms with Gasteiger partial charge < -0.3 is 0 Å². The lowest BCUT2D eigenvalue weighted by Crippen LogP contribution is -1.93. The average molecular weight is 296 g/mol. The molecule has 1 atom stereocenters. The molecule has 1 unspecified atom stereocenters. The van der Waals surface area contributed by atoms with E-state index in [0.717, 1.165) is 4.88 Å². The molecule has 2 rings (SSSR count). The fraction of sp³-hybridized carbons (Fsp3) is 0.0909. The van der Waals surface area contributed by atoms with E-state index in [0.29, 0.717) is 15.6 Å². The molecule has 0 amide bonds. The largest absolute Gasteiger partial charge is 0.207 e. The Bertz CT molecular complexity index is 510. The first-order chi connectivity index (χ1) is 7.59. The summed E-state index contributed by atoms with van der Waals surface area (Å²) in [5.74, 6) is -0.380. The van der Waals surface area contributed by atoms with Crippen LogP contribution in [-0.2, 0) is 0 Å². The fourth-order valence-corrected chi connectivity index (χ4v) is 3.34. The molecule has 0 saturated carbocycles. The molecule has 0 N–H and O–H groups in total. The Morgan fingerprint density at radius 1 is 1.12 bits per heavy atom.